The van der Waals surface area contributed by atoms with Crippen LogP contribution in [0.15, 0.2) is 72.8 Å². The van der Waals surface area contributed by atoms with Crippen molar-refractivity contribution in [2.24, 2.45) is 0 Å². The molecule has 0 N–H and O–H groups in total. The number of imide groups is 1. The largest absolute Gasteiger partial charge is 0.494 e. The average Bonchev–Trinajstić information content (AvgIpc) is 3.03. The number of carbonyl (C=O) groups is 3. The average molecular weight is 415 g/mol. The number of esters is 1. The number of aryl methyl sites for hydroxylation is 1. The monoisotopic (exact) mass is 415 g/mol. The van der Waals surface area contributed by atoms with Crippen LogP contribution in [0.2, 0.25) is 0 Å². The third-order valence-electron chi connectivity index (χ3n) is 4.92. The smallest absolute Gasteiger partial charge is 0.311 e. The molecule has 0 bridgehead atoms. The highest BCUT2D eigenvalue weighted by atomic mass is 16.5. The van der Waals surface area contributed by atoms with Crippen LogP contribution in [0.1, 0.15) is 39.1 Å². The normalized spacial score (nSPS) is 12.6. The zero-order valence-electron chi connectivity index (χ0n) is 17.0. The molecule has 0 spiro atoms. The number of hydrogen-bond donors (Lipinski definition) is 0. The molecule has 0 radical (unpaired) electrons. The lowest BCUT2D eigenvalue weighted by molar-refractivity contribution is -0.134. The van der Waals surface area contributed by atoms with Gasteiger partial charge in [0.15, 0.2) is 0 Å². The Morgan fingerprint density at radius 3 is 2.19 bits per heavy atom. The summed E-state index contributed by atoms with van der Waals surface area (Å²) < 4.78 is 11.0. The number of hydrogen-bond acceptors (Lipinski definition) is 5. The maximum Gasteiger partial charge on any atom is 0.311 e. The van der Waals surface area contributed by atoms with Crippen molar-refractivity contribution in [3.8, 4) is 11.5 Å². The molecule has 0 aliphatic carbocycles. The molecule has 3 aromatic carbocycles. The van der Waals surface area contributed by atoms with Gasteiger partial charge in [0, 0.05) is 12.5 Å². The number of nitrogens with zero attached hydrogens (tertiary/aromatic N) is 1. The summed E-state index contributed by atoms with van der Waals surface area (Å²) in [5.74, 6) is -0.159. The van der Waals surface area contributed by atoms with Crippen molar-refractivity contribution in [1.82, 2.24) is 0 Å². The number of rotatable bonds is 7. The van der Waals surface area contributed by atoms with Crippen molar-refractivity contribution >= 4 is 23.5 Å². The van der Waals surface area contributed by atoms with Gasteiger partial charge in [0.1, 0.15) is 11.5 Å². The molecule has 0 saturated heterocycles. The summed E-state index contributed by atoms with van der Waals surface area (Å²) in [6, 6.07) is 20.8. The Bertz CT molecular complexity index is 1100. The van der Waals surface area contributed by atoms with E-state index in [4.69, 9.17) is 9.47 Å². The van der Waals surface area contributed by atoms with E-state index in [0.29, 0.717) is 29.8 Å². The minimum absolute atomic E-state index is 0.184. The topological polar surface area (TPSA) is 72.9 Å². The Kier molecular flexibility index (Phi) is 5.80. The van der Waals surface area contributed by atoms with Gasteiger partial charge < -0.3 is 9.47 Å². The lowest BCUT2D eigenvalue weighted by Crippen LogP contribution is -2.29. The second kappa shape index (κ2) is 8.83. The molecule has 2 amide bonds. The van der Waals surface area contributed by atoms with Crippen LogP contribution in [0.4, 0.5) is 5.69 Å². The summed E-state index contributed by atoms with van der Waals surface area (Å²) in [5.41, 5.74) is 2.24. The van der Waals surface area contributed by atoms with Crippen LogP contribution in [0.5, 0.6) is 11.5 Å². The van der Waals surface area contributed by atoms with E-state index in [2.05, 4.69) is 0 Å². The molecule has 3 aromatic rings. The Balaban J connectivity index is 1.33. The molecule has 1 aliphatic heterocycles. The molecule has 1 aliphatic rings. The van der Waals surface area contributed by atoms with Crippen LogP contribution in [-0.2, 0) is 4.79 Å². The first-order valence-corrected chi connectivity index (χ1v) is 10.0. The van der Waals surface area contributed by atoms with E-state index in [1.54, 1.807) is 42.5 Å². The highest BCUT2D eigenvalue weighted by Crippen LogP contribution is 2.30. The predicted octanol–water partition coefficient (Wildman–Crippen LogP) is 4.56. The fraction of sp³-hybridized carbons (Fsp3) is 0.160. The summed E-state index contributed by atoms with van der Waals surface area (Å²) in [6.07, 6.45) is 0.688. The van der Waals surface area contributed by atoms with Crippen LogP contribution in [0.25, 0.3) is 0 Å². The first kappa shape index (κ1) is 20.3. The van der Waals surface area contributed by atoms with E-state index in [9.17, 15) is 14.4 Å². The summed E-state index contributed by atoms with van der Waals surface area (Å²) in [7, 11) is 0. The summed E-state index contributed by atoms with van der Waals surface area (Å²) in [4.78, 5) is 38.5. The second-order valence-electron chi connectivity index (χ2n) is 7.23. The quantitative estimate of drug-likeness (QED) is 0.245. The Morgan fingerprint density at radius 1 is 0.839 bits per heavy atom. The van der Waals surface area contributed by atoms with Crippen LogP contribution in [-0.4, -0.2) is 24.4 Å². The SMILES string of the molecule is Cc1ccc(OCCCC(=O)Oc2cccc(N3C(=O)c4ccccc4C3=O)c2)cc1. The predicted molar refractivity (Wildman–Crippen MR) is 116 cm³/mol. The molecule has 0 atom stereocenters. The summed E-state index contributed by atoms with van der Waals surface area (Å²) >= 11 is 0. The maximum atomic E-state index is 12.6. The van der Waals surface area contributed by atoms with E-state index >= 15 is 0 Å². The number of fused-ring (bicyclic) bond motifs is 1. The maximum absolute atomic E-state index is 12.6. The minimum Gasteiger partial charge on any atom is -0.494 e. The molecule has 31 heavy (non-hydrogen) atoms. The molecule has 156 valence electrons. The number of ether oxygens (including phenoxy) is 2. The van der Waals surface area contributed by atoms with E-state index in [1.807, 2.05) is 31.2 Å². The Labute approximate surface area is 180 Å². The fourth-order valence-corrected chi connectivity index (χ4v) is 3.33. The van der Waals surface area contributed by atoms with Crippen molar-refractivity contribution < 1.29 is 23.9 Å². The van der Waals surface area contributed by atoms with Gasteiger partial charge in [-0.3, -0.25) is 14.4 Å². The van der Waals surface area contributed by atoms with Crippen molar-refractivity contribution in [2.45, 2.75) is 19.8 Å². The molecule has 6 heteroatoms. The number of anilines is 1. The van der Waals surface area contributed by atoms with Gasteiger partial charge in [0.05, 0.1) is 23.4 Å². The fourth-order valence-electron chi connectivity index (χ4n) is 3.33. The van der Waals surface area contributed by atoms with Crippen LogP contribution < -0.4 is 14.4 Å². The van der Waals surface area contributed by atoms with Crippen LogP contribution in [0, 0.1) is 6.92 Å². The van der Waals surface area contributed by atoms with Gasteiger partial charge in [-0.2, -0.15) is 0 Å². The molecule has 0 saturated carbocycles. The lowest BCUT2D eigenvalue weighted by Gasteiger charge is -2.15. The van der Waals surface area contributed by atoms with Crippen molar-refractivity contribution in [3.05, 3.63) is 89.5 Å². The van der Waals surface area contributed by atoms with Gasteiger partial charge in [-0.1, -0.05) is 35.9 Å². The highest BCUT2D eigenvalue weighted by Gasteiger charge is 2.36. The Hall–Kier alpha value is -3.93. The molecule has 0 fully saturated rings. The molecule has 1 heterocycles. The van der Waals surface area contributed by atoms with Gasteiger partial charge in [0.25, 0.3) is 11.8 Å². The molecule has 0 unspecified atom stereocenters. The summed E-state index contributed by atoms with van der Waals surface area (Å²) in [5, 5.41) is 0. The number of carbonyl (C=O) groups excluding carboxylic acids is 3. The lowest BCUT2D eigenvalue weighted by atomic mass is 10.1. The second-order valence-corrected chi connectivity index (χ2v) is 7.23. The zero-order valence-corrected chi connectivity index (χ0v) is 17.0. The third-order valence-corrected chi connectivity index (χ3v) is 4.92. The number of benzene rings is 3. The minimum atomic E-state index is -0.410. The molecular weight excluding hydrogens is 394 g/mol. The van der Waals surface area contributed by atoms with Crippen molar-refractivity contribution in [3.63, 3.8) is 0 Å². The van der Waals surface area contributed by atoms with E-state index in [0.717, 1.165) is 16.2 Å². The summed E-state index contributed by atoms with van der Waals surface area (Å²) in [6.45, 7) is 2.40. The van der Waals surface area contributed by atoms with Gasteiger partial charge in [0.2, 0.25) is 0 Å². The van der Waals surface area contributed by atoms with Gasteiger partial charge in [-0.15, -0.1) is 0 Å². The standard InChI is InChI=1S/C25H21NO5/c1-17-11-13-19(14-12-17)30-15-5-10-23(27)31-20-7-4-6-18(16-20)26-24(28)21-8-2-3-9-22(21)25(26)29/h2-4,6-9,11-14,16H,5,10,15H2,1H3. The molecule has 6 nitrogen and oxygen atoms in total. The van der Waals surface area contributed by atoms with E-state index in [-0.39, 0.29) is 12.2 Å². The van der Waals surface area contributed by atoms with Gasteiger partial charge in [-0.05, 0) is 49.7 Å². The first-order chi connectivity index (χ1) is 15.0. The van der Waals surface area contributed by atoms with E-state index < -0.39 is 17.8 Å². The molecule has 0 aromatic heterocycles. The van der Waals surface area contributed by atoms with Crippen LogP contribution in [0.3, 0.4) is 0 Å². The highest BCUT2D eigenvalue weighted by molar-refractivity contribution is 6.34. The Morgan fingerprint density at radius 2 is 1.52 bits per heavy atom. The van der Waals surface area contributed by atoms with Crippen molar-refractivity contribution in [2.75, 3.05) is 11.5 Å². The molecular formula is C25H21NO5. The van der Waals surface area contributed by atoms with Crippen LogP contribution >= 0.6 is 0 Å². The molecule has 4 rings (SSSR count). The van der Waals surface area contributed by atoms with Gasteiger partial charge in [-0.25, -0.2) is 4.90 Å². The first-order valence-electron chi connectivity index (χ1n) is 10.0. The number of amides is 2. The van der Waals surface area contributed by atoms with Crippen molar-refractivity contribution in [1.29, 1.82) is 0 Å². The zero-order chi connectivity index (χ0) is 21.8. The van der Waals surface area contributed by atoms with Gasteiger partial charge >= 0.3 is 5.97 Å². The third kappa shape index (κ3) is 4.48. The van der Waals surface area contributed by atoms with E-state index in [1.165, 1.54) is 6.07 Å².